The molecule has 8 unspecified atom stereocenters. The van der Waals surface area contributed by atoms with Gasteiger partial charge < -0.3 is 8.85 Å². The fraction of sp³-hybridized carbons (Fsp3) is 0.963. The number of hydrogen-bond acceptors (Lipinski definition) is 3. The van der Waals surface area contributed by atoms with E-state index in [9.17, 15) is 4.79 Å². The van der Waals surface area contributed by atoms with Crippen LogP contribution in [0.2, 0.25) is 39.3 Å². The average Bonchev–Trinajstić information content (AvgIpc) is 3.02. The molecule has 4 aliphatic carbocycles. The van der Waals surface area contributed by atoms with Gasteiger partial charge in [0.05, 0.1) is 6.61 Å². The molecular weight excluding hydrogens is 428 g/mol. The Hall–Kier alpha value is 0.0238. The minimum atomic E-state index is -1.65. The van der Waals surface area contributed by atoms with Crippen LogP contribution in [0.5, 0.6) is 0 Å². The van der Waals surface area contributed by atoms with Gasteiger partial charge in [0.15, 0.2) is 22.4 Å². The molecule has 0 bridgehead atoms. The summed E-state index contributed by atoms with van der Waals surface area (Å²) in [7, 11) is -3.11. The van der Waals surface area contributed by atoms with Gasteiger partial charge in [-0.25, -0.2) is 0 Å². The second kappa shape index (κ2) is 8.60. The lowest BCUT2D eigenvalue weighted by atomic mass is 9.44. The predicted octanol–water partition coefficient (Wildman–Crippen LogP) is 7.29. The van der Waals surface area contributed by atoms with E-state index in [4.69, 9.17) is 8.85 Å². The SMILES string of the molecule is CC12CCC(O[Si](C)(C)C)CC1CCC1C2CCC2(C)C(C(=O)CO[Si](C)(C)C)CCC12. The molecule has 4 rings (SSSR count). The lowest BCUT2D eigenvalue weighted by Gasteiger charge is -2.61. The van der Waals surface area contributed by atoms with E-state index in [0.29, 0.717) is 23.9 Å². The Labute approximate surface area is 200 Å². The van der Waals surface area contributed by atoms with Crippen LogP contribution in [0.3, 0.4) is 0 Å². The van der Waals surface area contributed by atoms with Crippen molar-refractivity contribution >= 4 is 22.4 Å². The van der Waals surface area contributed by atoms with Crippen molar-refractivity contribution in [2.75, 3.05) is 6.61 Å². The van der Waals surface area contributed by atoms with Gasteiger partial charge in [-0.15, -0.1) is 0 Å². The summed E-state index contributed by atoms with van der Waals surface area (Å²) < 4.78 is 12.6. The first-order chi connectivity index (χ1) is 14.7. The van der Waals surface area contributed by atoms with Crippen LogP contribution in [-0.4, -0.2) is 35.1 Å². The van der Waals surface area contributed by atoms with E-state index in [-0.39, 0.29) is 11.3 Å². The second-order valence-electron chi connectivity index (χ2n) is 14.3. The molecule has 0 aromatic rings. The van der Waals surface area contributed by atoms with Crippen molar-refractivity contribution in [1.29, 1.82) is 0 Å². The second-order valence-corrected chi connectivity index (χ2v) is 23.3. The van der Waals surface area contributed by atoms with Crippen LogP contribution in [0, 0.1) is 40.4 Å². The maximum absolute atomic E-state index is 13.2. The van der Waals surface area contributed by atoms with Crippen LogP contribution in [0.15, 0.2) is 0 Å². The number of carbonyl (C=O) groups excluding carboxylic acids is 1. The summed E-state index contributed by atoms with van der Waals surface area (Å²) in [6.07, 6.45) is 12.1. The van der Waals surface area contributed by atoms with Gasteiger partial charge in [0, 0.05) is 12.0 Å². The zero-order chi connectivity index (χ0) is 23.5. The Kier molecular flexibility index (Phi) is 6.75. The fourth-order valence-electron chi connectivity index (χ4n) is 8.74. The molecule has 0 heterocycles. The molecule has 0 radical (unpaired) electrons. The summed E-state index contributed by atoms with van der Waals surface area (Å²) in [5.41, 5.74) is 0.703. The van der Waals surface area contributed by atoms with Crippen LogP contribution < -0.4 is 0 Å². The van der Waals surface area contributed by atoms with E-state index in [0.717, 1.165) is 30.1 Å². The number of carbonyl (C=O) groups is 1. The summed E-state index contributed by atoms with van der Waals surface area (Å²) >= 11 is 0. The first kappa shape index (κ1) is 25.1. The lowest BCUT2D eigenvalue weighted by Crippen LogP contribution is -2.55. The maximum Gasteiger partial charge on any atom is 0.184 e. The predicted molar refractivity (Wildman–Crippen MR) is 138 cm³/mol. The van der Waals surface area contributed by atoms with Crippen molar-refractivity contribution in [2.45, 2.75) is 117 Å². The number of Topliss-reactive ketones (excluding diaryl/α,β-unsaturated/α-hetero) is 1. The van der Waals surface area contributed by atoms with E-state index in [2.05, 4.69) is 53.1 Å². The van der Waals surface area contributed by atoms with Gasteiger partial charge in [-0.2, -0.15) is 0 Å². The van der Waals surface area contributed by atoms with Gasteiger partial charge in [0.2, 0.25) is 0 Å². The Morgan fingerprint density at radius 3 is 2.12 bits per heavy atom. The summed E-state index contributed by atoms with van der Waals surface area (Å²) in [6, 6.07) is 0. The van der Waals surface area contributed by atoms with E-state index in [1.807, 2.05) is 0 Å². The standard InChI is InChI=1S/C27H50O3Si2/c1-26-15-13-20(30-32(6,7)8)17-19(26)9-10-21-22-11-12-24(25(28)18-29-31(3,4)5)27(22,2)16-14-23(21)26/h19-24H,9-18H2,1-8H3. The minimum absolute atomic E-state index is 0.211. The van der Waals surface area contributed by atoms with Crippen LogP contribution >= 0.6 is 0 Å². The molecule has 8 atom stereocenters. The zero-order valence-electron chi connectivity index (χ0n) is 22.3. The summed E-state index contributed by atoms with van der Waals surface area (Å²) in [5, 5.41) is 0. The largest absolute Gasteiger partial charge is 0.415 e. The Morgan fingerprint density at radius 1 is 0.812 bits per heavy atom. The molecule has 184 valence electrons. The third kappa shape index (κ3) is 4.74. The number of ketones is 1. The van der Waals surface area contributed by atoms with E-state index < -0.39 is 16.6 Å². The molecule has 4 fully saturated rings. The summed E-state index contributed by atoms with van der Waals surface area (Å²) in [5.74, 6) is 3.92. The molecule has 0 spiro atoms. The Balaban J connectivity index is 1.45. The van der Waals surface area contributed by atoms with Gasteiger partial charge in [-0.05, 0) is 132 Å². The molecule has 0 aromatic carbocycles. The van der Waals surface area contributed by atoms with Gasteiger partial charge >= 0.3 is 0 Å². The highest BCUT2D eigenvalue weighted by atomic mass is 28.4. The molecule has 0 aromatic heterocycles. The summed E-state index contributed by atoms with van der Waals surface area (Å²) in [4.78, 5) is 13.2. The monoisotopic (exact) mass is 478 g/mol. The molecule has 4 saturated carbocycles. The van der Waals surface area contributed by atoms with Crippen molar-refractivity contribution in [2.24, 2.45) is 40.4 Å². The number of hydrogen-bond donors (Lipinski definition) is 0. The number of rotatable bonds is 6. The van der Waals surface area contributed by atoms with Gasteiger partial charge in [0.25, 0.3) is 0 Å². The topological polar surface area (TPSA) is 35.5 Å². The third-order valence-electron chi connectivity index (χ3n) is 10.2. The summed E-state index contributed by atoms with van der Waals surface area (Å²) in [6.45, 7) is 19.1. The van der Waals surface area contributed by atoms with Crippen LogP contribution in [0.25, 0.3) is 0 Å². The molecule has 4 aliphatic rings. The van der Waals surface area contributed by atoms with E-state index in [1.165, 1.54) is 51.4 Å². The van der Waals surface area contributed by atoms with E-state index >= 15 is 0 Å². The Bertz CT molecular complexity index is 711. The molecule has 0 amide bonds. The van der Waals surface area contributed by atoms with Crippen LogP contribution in [-0.2, 0) is 13.6 Å². The highest BCUT2D eigenvalue weighted by Gasteiger charge is 2.61. The molecule has 32 heavy (non-hydrogen) atoms. The van der Waals surface area contributed by atoms with E-state index in [1.54, 1.807) is 0 Å². The average molecular weight is 479 g/mol. The van der Waals surface area contributed by atoms with Crippen LogP contribution in [0.4, 0.5) is 0 Å². The van der Waals surface area contributed by atoms with Crippen molar-refractivity contribution in [3.63, 3.8) is 0 Å². The molecule has 5 heteroatoms. The normalized spacial score (nSPS) is 44.5. The first-order valence-corrected chi connectivity index (χ1v) is 20.4. The van der Waals surface area contributed by atoms with Crippen LogP contribution in [0.1, 0.15) is 71.6 Å². The van der Waals surface area contributed by atoms with Gasteiger partial charge in [-0.3, -0.25) is 4.79 Å². The molecule has 0 N–H and O–H groups in total. The van der Waals surface area contributed by atoms with Crippen molar-refractivity contribution in [3.8, 4) is 0 Å². The van der Waals surface area contributed by atoms with Crippen molar-refractivity contribution < 1.29 is 13.6 Å². The van der Waals surface area contributed by atoms with Gasteiger partial charge in [0.1, 0.15) is 0 Å². The lowest BCUT2D eigenvalue weighted by molar-refractivity contribution is -0.140. The highest BCUT2D eigenvalue weighted by molar-refractivity contribution is 6.70. The molecule has 0 aliphatic heterocycles. The Morgan fingerprint density at radius 2 is 1.47 bits per heavy atom. The molecule has 3 nitrogen and oxygen atoms in total. The third-order valence-corrected chi connectivity index (χ3v) is 12.2. The van der Waals surface area contributed by atoms with Crippen molar-refractivity contribution in [3.05, 3.63) is 0 Å². The maximum atomic E-state index is 13.2. The van der Waals surface area contributed by atoms with Gasteiger partial charge in [-0.1, -0.05) is 13.8 Å². The fourth-order valence-corrected chi connectivity index (χ4v) is 10.5. The zero-order valence-corrected chi connectivity index (χ0v) is 24.3. The molecular formula is C27H50O3Si2. The quantitative estimate of drug-likeness (QED) is 0.376. The molecule has 0 saturated heterocycles. The first-order valence-electron chi connectivity index (χ1n) is 13.6. The smallest absolute Gasteiger partial charge is 0.184 e. The highest BCUT2D eigenvalue weighted by Crippen LogP contribution is 2.67. The minimum Gasteiger partial charge on any atom is -0.415 e. The van der Waals surface area contributed by atoms with Crippen molar-refractivity contribution in [1.82, 2.24) is 0 Å². The number of fused-ring (bicyclic) bond motifs is 5.